The van der Waals surface area contributed by atoms with Crippen LogP contribution in [-0.2, 0) is 6.54 Å². The highest BCUT2D eigenvalue weighted by molar-refractivity contribution is 5.14. The average molecular weight is 203 g/mol. The van der Waals surface area contributed by atoms with Crippen molar-refractivity contribution in [1.82, 2.24) is 4.90 Å². The summed E-state index contributed by atoms with van der Waals surface area (Å²) in [7, 11) is 0. The van der Waals surface area contributed by atoms with E-state index in [4.69, 9.17) is 0 Å². The molecule has 0 radical (unpaired) electrons. The van der Waals surface area contributed by atoms with Crippen LogP contribution >= 0.6 is 0 Å². The molecule has 1 nitrogen and oxygen atoms in total. The summed E-state index contributed by atoms with van der Waals surface area (Å²) in [6, 6.07) is 11.6. The first kappa shape index (κ1) is 10.7. The molecule has 0 amide bonds. The summed E-state index contributed by atoms with van der Waals surface area (Å²) in [5.74, 6) is 0.866. The second-order valence-corrected chi connectivity index (χ2v) is 4.95. The molecule has 2 rings (SSSR count). The monoisotopic (exact) mass is 203 g/mol. The molecule has 1 saturated heterocycles. The summed E-state index contributed by atoms with van der Waals surface area (Å²) in [5, 5.41) is 0. The van der Waals surface area contributed by atoms with Gasteiger partial charge in [-0.1, -0.05) is 37.3 Å². The van der Waals surface area contributed by atoms with E-state index in [0.717, 1.165) is 18.5 Å². The molecule has 1 heterocycles. The van der Waals surface area contributed by atoms with E-state index in [2.05, 4.69) is 49.1 Å². The second-order valence-electron chi connectivity index (χ2n) is 4.95. The van der Waals surface area contributed by atoms with E-state index in [1.807, 2.05) is 0 Å². The number of benzene rings is 1. The number of hydrogen-bond donors (Lipinski definition) is 0. The molecule has 82 valence electrons. The number of piperidine rings is 1. The van der Waals surface area contributed by atoms with Crippen molar-refractivity contribution in [3.05, 3.63) is 35.9 Å². The standard InChI is InChI=1S/C14H21N/c1-12-8-9-13(2)15(10-12)11-14-6-4-3-5-7-14/h3-7,12-13H,8-11H2,1-2H3. The highest BCUT2D eigenvalue weighted by atomic mass is 15.2. The minimum Gasteiger partial charge on any atom is -0.296 e. The van der Waals surface area contributed by atoms with Gasteiger partial charge < -0.3 is 0 Å². The second kappa shape index (κ2) is 4.80. The Morgan fingerprint density at radius 1 is 1.13 bits per heavy atom. The van der Waals surface area contributed by atoms with E-state index in [9.17, 15) is 0 Å². The lowest BCUT2D eigenvalue weighted by molar-refractivity contribution is 0.117. The lowest BCUT2D eigenvalue weighted by Crippen LogP contribution is -2.40. The van der Waals surface area contributed by atoms with Gasteiger partial charge in [0.05, 0.1) is 0 Å². The molecule has 1 fully saturated rings. The molecule has 0 aliphatic carbocycles. The first-order valence-electron chi connectivity index (χ1n) is 6.03. The quantitative estimate of drug-likeness (QED) is 0.713. The van der Waals surface area contributed by atoms with Crippen LogP contribution in [0, 0.1) is 5.92 Å². The molecule has 2 atom stereocenters. The Morgan fingerprint density at radius 2 is 1.87 bits per heavy atom. The molecule has 0 bridgehead atoms. The van der Waals surface area contributed by atoms with Gasteiger partial charge in [0.2, 0.25) is 0 Å². The molecule has 0 spiro atoms. The van der Waals surface area contributed by atoms with Crippen LogP contribution < -0.4 is 0 Å². The molecular formula is C14H21N. The maximum atomic E-state index is 2.61. The van der Waals surface area contributed by atoms with E-state index in [1.54, 1.807) is 0 Å². The van der Waals surface area contributed by atoms with Crippen molar-refractivity contribution < 1.29 is 0 Å². The molecule has 0 saturated carbocycles. The summed E-state index contributed by atoms with van der Waals surface area (Å²) < 4.78 is 0. The van der Waals surface area contributed by atoms with Crippen molar-refractivity contribution in [2.75, 3.05) is 6.54 Å². The normalized spacial score (nSPS) is 27.9. The zero-order valence-electron chi connectivity index (χ0n) is 9.82. The fourth-order valence-corrected chi connectivity index (χ4v) is 2.42. The van der Waals surface area contributed by atoms with Gasteiger partial charge in [-0.3, -0.25) is 4.90 Å². The van der Waals surface area contributed by atoms with Gasteiger partial charge in [0.25, 0.3) is 0 Å². The van der Waals surface area contributed by atoms with Crippen LogP contribution in [0.3, 0.4) is 0 Å². The van der Waals surface area contributed by atoms with Crippen LogP contribution in [-0.4, -0.2) is 17.5 Å². The maximum absolute atomic E-state index is 2.61. The van der Waals surface area contributed by atoms with Crippen LogP contribution in [0.25, 0.3) is 0 Å². The largest absolute Gasteiger partial charge is 0.296 e. The highest BCUT2D eigenvalue weighted by Crippen LogP contribution is 2.22. The fraction of sp³-hybridized carbons (Fsp3) is 0.571. The highest BCUT2D eigenvalue weighted by Gasteiger charge is 2.22. The first-order chi connectivity index (χ1) is 7.25. The van der Waals surface area contributed by atoms with E-state index < -0.39 is 0 Å². The van der Waals surface area contributed by atoms with Crippen molar-refractivity contribution in [2.24, 2.45) is 5.92 Å². The number of rotatable bonds is 2. The van der Waals surface area contributed by atoms with Gasteiger partial charge >= 0.3 is 0 Å². The van der Waals surface area contributed by atoms with Crippen molar-refractivity contribution in [3.63, 3.8) is 0 Å². The summed E-state index contributed by atoms with van der Waals surface area (Å²) in [4.78, 5) is 2.61. The molecular weight excluding hydrogens is 182 g/mol. The molecule has 0 aromatic heterocycles. The molecule has 1 heteroatoms. The van der Waals surface area contributed by atoms with Crippen molar-refractivity contribution in [2.45, 2.75) is 39.3 Å². The zero-order chi connectivity index (χ0) is 10.7. The van der Waals surface area contributed by atoms with Gasteiger partial charge in [0.15, 0.2) is 0 Å². The van der Waals surface area contributed by atoms with Gasteiger partial charge in [-0.2, -0.15) is 0 Å². The Bertz CT molecular complexity index is 293. The third-order valence-corrected chi connectivity index (χ3v) is 3.48. The van der Waals surface area contributed by atoms with Crippen LogP contribution in [0.5, 0.6) is 0 Å². The molecule has 15 heavy (non-hydrogen) atoms. The SMILES string of the molecule is CC1CCC(C)N(Cc2ccccc2)C1. The molecule has 1 aliphatic heterocycles. The Morgan fingerprint density at radius 3 is 2.60 bits per heavy atom. The number of nitrogens with zero attached hydrogens (tertiary/aromatic N) is 1. The smallest absolute Gasteiger partial charge is 0.0236 e. The van der Waals surface area contributed by atoms with Gasteiger partial charge in [-0.05, 0) is 31.2 Å². The Hall–Kier alpha value is -0.820. The number of likely N-dealkylation sites (tertiary alicyclic amines) is 1. The third-order valence-electron chi connectivity index (χ3n) is 3.48. The summed E-state index contributed by atoms with van der Waals surface area (Å²) in [6.07, 6.45) is 2.75. The predicted molar refractivity (Wildman–Crippen MR) is 64.7 cm³/mol. The summed E-state index contributed by atoms with van der Waals surface area (Å²) in [6.45, 7) is 7.10. The van der Waals surface area contributed by atoms with Gasteiger partial charge in [-0.15, -0.1) is 0 Å². The van der Waals surface area contributed by atoms with Gasteiger partial charge in [-0.25, -0.2) is 0 Å². The Balaban J connectivity index is 1.98. The lowest BCUT2D eigenvalue weighted by Gasteiger charge is -2.36. The fourth-order valence-electron chi connectivity index (χ4n) is 2.42. The minimum atomic E-state index is 0.751. The minimum absolute atomic E-state index is 0.751. The molecule has 1 aromatic rings. The van der Waals surface area contributed by atoms with Gasteiger partial charge in [0, 0.05) is 19.1 Å². The summed E-state index contributed by atoms with van der Waals surface area (Å²) in [5.41, 5.74) is 1.44. The third kappa shape index (κ3) is 2.82. The van der Waals surface area contributed by atoms with Crippen molar-refractivity contribution >= 4 is 0 Å². The zero-order valence-corrected chi connectivity index (χ0v) is 9.82. The van der Waals surface area contributed by atoms with Crippen molar-refractivity contribution in [1.29, 1.82) is 0 Å². The Labute approximate surface area is 93.1 Å². The average Bonchev–Trinajstić information content (AvgIpc) is 2.25. The molecule has 1 aromatic carbocycles. The Kier molecular flexibility index (Phi) is 3.42. The van der Waals surface area contributed by atoms with Crippen LogP contribution in [0.15, 0.2) is 30.3 Å². The van der Waals surface area contributed by atoms with E-state index >= 15 is 0 Å². The maximum Gasteiger partial charge on any atom is 0.0236 e. The molecule has 1 aliphatic rings. The van der Waals surface area contributed by atoms with Crippen LogP contribution in [0.1, 0.15) is 32.3 Å². The topological polar surface area (TPSA) is 3.24 Å². The predicted octanol–water partition coefficient (Wildman–Crippen LogP) is 3.31. The lowest BCUT2D eigenvalue weighted by atomic mass is 9.94. The number of hydrogen-bond acceptors (Lipinski definition) is 1. The summed E-state index contributed by atoms with van der Waals surface area (Å²) >= 11 is 0. The first-order valence-corrected chi connectivity index (χ1v) is 6.03. The van der Waals surface area contributed by atoms with Crippen LogP contribution in [0.2, 0.25) is 0 Å². The molecule has 0 N–H and O–H groups in total. The van der Waals surface area contributed by atoms with E-state index in [-0.39, 0.29) is 0 Å². The van der Waals surface area contributed by atoms with Gasteiger partial charge in [0.1, 0.15) is 0 Å². The van der Waals surface area contributed by atoms with E-state index in [1.165, 1.54) is 24.9 Å². The van der Waals surface area contributed by atoms with E-state index in [0.29, 0.717) is 0 Å². The van der Waals surface area contributed by atoms with Crippen LogP contribution in [0.4, 0.5) is 0 Å². The molecule has 2 unspecified atom stereocenters. The van der Waals surface area contributed by atoms with Crippen molar-refractivity contribution in [3.8, 4) is 0 Å².